The van der Waals surface area contributed by atoms with Crippen LogP contribution in [-0.4, -0.2) is 72.9 Å². The molecule has 0 bridgehead atoms. The van der Waals surface area contributed by atoms with Gasteiger partial charge in [-0.25, -0.2) is 4.39 Å². The Balaban J connectivity index is 1.56. The summed E-state index contributed by atoms with van der Waals surface area (Å²) in [4.78, 5) is 31.9. The fraction of sp³-hybridized carbons (Fsp3) is 0.462. The maximum atomic E-state index is 13.3. The predicted octanol–water partition coefficient (Wildman–Crippen LogP) is 3.67. The molecule has 0 aromatic heterocycles. The van der Waals surface area contributed by atoms with Crippen molar-refractivity contribution in [2.75, 3.05) is 46.4 Å². The van der Waals surface area contributed by atoms with Gasteiger partial charge in [0.15, 0.2) is 0 Å². The molecule has 6 nitrogen and oxygen atoms in total. The summed E-state index contributed by atoms with van der Waals surface area (Å²) >= 11 is 0. The molecule has 1 fully saturated rings. The summed E-state index contributed by atoms with van der Waals surface area (Å²) in [6, 6.07) is 13.5. The number of carbonyl (C=O) groups is 2. The highest BCUT2D eigenvalue weighted by Crippen LogP contribution is 2.20. The molecule has 1 saturated heterocycles. The van der Waals surface area contributed by atoms with Crippen LogP contribution in [0.5, 0.6) is 5.75 Å². The average molecular weight is 456 g/mol. The Morgan fingerprint density at radius 1 is 1.03 bits per heavy atom. The molecular weight excluding hydrogens is 421 g/mol. The lowest BCUT2D eigenvalue weighted by atomic mass is 9.94. The molecule has 2 amide bonds. The molecule has 0 atom stereocenters. The van der Waals surface area contributed by atoms with Crippen molar-refractivity contribution in [1.82, 2.24) is 14.7 Å². The molecule has 1 aliphatic rings. The van der Waals surface area contributed by atoms with Crippen LogP contribution in [0, 0.1) is 11.2 Å². The second-order valence-corrected chi connectivity index (χ2v) is 9.47. The summed E-state index contributed by atoms with van der Waals surface area (Å²) in [6.07, 6.45) is 0. The van der Waals surface area contributed by atoms with Gasteiger partial charge in [0, 0.05) is 56.8 Å². The van der Waals surface area contributed by atoms with Gasteiger partial charge >= 0.3 is 0 Å². The minimum Gasteiger partial charge on any atom is -0.497 e. The second-order valence-electron chi connectivity index (χ2n) is 9.47. The van der Waals surface area contributed by atoms with Gasteiger partial charge in [0.2, 0.25) is 5.91 Å². The van der Waals surface area contributed by atoms with Crippen LogP contribution >= 0.6 is 0 Å². The van der Waals surface area contributed by atoms with Gasteiger partial charge < -0.3 is 14.5 Å². The number of hydrogen-bond acceptors (Lipinski definition) is 4. The van der Waals surface area contributed by atoms with E-state index in [2.05, 4.69) is 4.90 Å². The van der Waals surface area contributed by atoms with Crippen LogP contribution in [0.1, 0.15) is 36.7 Å². The first-order chi connectivity index (χ1) is 15.7. The van der Waals surface area contributed by atoms with E-state index < -0.39 is 5.41 Å². The summed E-state index contributed by atoms with van der Waals surface area (Å²) in [5.74, 6) is 0.464. The molecule has 178 valence electrons. The van der Waals surface area contributed by atoms with Gasteiger partial charge in [0.1, 0.15) is 11.6 Å². The summed E-state index contributed by atoms with van der Waals surface area (Å²) in [7, 11) is 1.59. The highest BCUT2D eigenvalue weighted by atomic mass is 19.1. The average Bonchev–Trinajstić information content (AvgIpc) is 2.82. The van der Waals surface area contributed by atoms with Crippen molar-refractivity contribution in [3.05, 3.63) is 65.5 Å². The molecule has 2 aromatic carbocycles. The minimum atomic E-state index is -0.498. The third-order valence-electron chi connectivity index (χ3n) is 5.88. The maximum absolute atomic E-state index is 13.3. The van der Waals surface area contributed by atoms with E-state index in [1.165, 1.54) is 12.1 Å². The van der Waals surface area contributed by atoms with Crippen molar-refractivity contribution in [2.24, 2.45) is 5.41 Å². The quantitative estimate of drug-likeness (QED) is 0.639. The number of carbonyl (C=O) groups excluding carboxylic acids is 2. The van der Waals surface area contributed by atoms with Crippen LogP contribution in [0.3, 0.4) is 0 Å². The Morgan fingerprint density at radius 2 is 1.70 bits per heavy atom. The largest absolute Gasteiger partial charge is 0.497 e. The lowest BCUT2D eigenvalue weighted by Gasteiger charge is -2.37. The molecule has 0 spiro atoms. The van der Waals surface area contributed by atoms with Crippen molar-refractivity contribution < 1.29 is 18.7 Å². The Labute approximate surface area is 195 Å². The zero-order valence-corrected chi connectivity index (χ0v) is 20.0. The lowest BCUT2D eigenvalue weighted by molar-refractivity contribution is -0.140. The highest BCUT2D eigenvalue weighted by Gasteiger charge is 2.28. The Hall–Kier alpha value is -2.93. The van der Waals surface area contributed by atoms with Crippen molar-refractivity contribution in [3.63, 3.8) is 0 Å². The van der Waals surface area contributed by atoms with Crippen molar-refractivity contribution >= 4 is 11.8 Å². The smallest absolute Gasteiger partial charge is 0.254 e. The molecular formula is C26H34FN3O3. The Kier molecular flexibility index (Phi) is 8.08. The van der Waals surface area contributed by atoms with Crippen LogP contribution in [0.15, 0.2) is 48.5 Å². The summed E-state index contributed by atoms with van der Waals surface area (Å²) in [6.45, 7) is 10.3. The second kappa shape index (κ2) is 10.8. The number of nitrogens with zero attached hydrogens (tertiary/aromatic N) is 3. The molecule has 1 aliphatic heterocycles. The van der Waals surface area contributed by atoms with E-state index >= 15 is 0 Å². The highest BCUT2D eigenvalue weighted by molar-refractivity contribution is 5.94. The number of piperazine rings is 1. The summed E-state index contributed by atoms with van der Waals surface area (Å²) in [5, 5.41) is 0. The van der Waals surface area contributed by atoms with Gasteiger partial charge in [-0.15, -0.1) is 0 Å². The number of methoxy groups -OCH3 is 1. The van der Waals surface area contributed by atoms with Crippen molar-refractivity contribution in [1.29, 1.82) is 0 Å². The van der Waals surface area contributed by atoms with Gasteiger partial charge in [-0.05, 0) is 35.9 Å². The fourth-order valence-corrected chi connectivity index (χ4v) is 3.91. The molecule has 0 unspecified atom stereocenters. The monoisotopic (exact) mass is 455 g/mol. The fourth-order valence-electron chi connectivity index (χ4n) is 3.91. The Bertz CT molecular complexity index is 948. The minimum absolute atomic E-state index is 0.00870. The van der Waals surface area contributed by atoms with Crippen molar-refractivity contribution in [2.45, 2.75) is 27.3 Å². The zero-order chi connectivity index (χ0) is 24.0. The number of ether oxygens (including phenoxy) is 1. The number of benzene rings is 2. The van der Waals surface area contributed by atoms with E-state index in [0.717, 1.165) is 25.2 Å². The number of halogens is 1. The van der Waals surface area contributed by atoms with Gasteiger partial charge in [-0.2, -0.15) is 0 Å². The van der Waals surface area contributed by atoms with Crippen LogP contribution < -0.4 is 4.74 Å². The molecule has 0 aliphatic carbocycles. The van der Waals surface area contributed by atoms with Crippen molar-refractivity contribution in [3.8, 4) is 5.75 Å². The number of amides is 2. The predicted molar refractivity (Wildman–Crippen MR) is 127 cm³/mol. The lowest BCUT2D eigenvalue weighted by Crippen LogP contribution is -2.51. The van der Waals surface area contributed by atoms with Gasteiger partial charge in [-0.1, -0.05) is 39.0 Å². The molecule has 1 heterocycles. The van der Waals surface area contributed by atoms with Gasteiger partial charge in [0.05, 0.1) is 7.11 Å². The molecule has 33 heavy (non-hydrogen) atoms. The number of rotatable bonds is 7. The molecule has 3 rings (SSSR count). The SMILES string of the molecule is COc1cccc(C(=O)N2CCN(CCN(Cc3ccc(F)cc3)C(=O)C(C)(C)C)CC2)c1. The van der Waals surface area contributed by atoms with E-state index in [1.54, 1.807) is 25.3 Å². The van der Waals surface area contributed by atoms with E-state index in [-0.39, 0.29) is 17.6 Å². The molecule has 0 N–H and O–H groups in total. The third kappa shape index (κ3) is 6.78. The first-order valence-corrected chi connectivity index (χ1v) is 11.4. The van der Waals surface area contributed by atoms with Crippen LogP contribution in [0.2, 0.25) is 0 Å². The summed E-state index contributed by atoms with van der Waals surface area (Å²) < 4.78 is 18.5. The van der Waals surface area contributed by atoms with Crippen LogP contribution in [0.4, 0.5) is 4.39 Å². The third-order valence-corrected chi connectivity index (χ3v) is 5.88. The van der Waals surface area contributed by atoms with E-state index in [4.69, 9.17) is 4.74 Å². The van der Waals surface area contributed by atoms with E-state index in [0.29, 0.717) is 37.5 Å². The van der Waals surface area contributed by atoms with Gasteiger partial charge in [-0.3, -0.25) is 14.5 Å². The molecule has 0 radical (unpaired) electrons. The van der Waals surface area contributed by atoms with Crippen LogP contribution in [0.25, 0.3) is 0 Å². The number of hydrogen-bond donors (Lipinski definition) is 0. The maximum Gasteiger partial charge on any atom is 0.254 e. The molecule has 7 heteroatoms. The summed E-state index contributed by atoms with van der Waals surface area (Å²) in [5.41, 5.74) is 1.04. The molecule has 0 saturated carbocycles. The first kappa shape index (κ1) is 24.7. The standard InChI is InChI=1S/C26H34FN3O3/c1-26(2,3)25(32)30(19-20-8-10-22(27)11-9-20)17-14-28-12-15-29(16-13-28)24(31)21-6-5-7-23(18-21)33-4/h5-11,18H,12-17,19H2,1-4H3. The topological polar surface area (TPSA) is 53.1 Å². The van der Waals surface area contributed by atoms with E-state index in [1.807, 2.05) is 48.8 Å². The van der Waals surface area contributed by atoms with Crippen LogP contribution in [-0.2, 0) is 11.3 Å². The van der Waals surface area contributed by atoms with Gasteiger partial charge in [0.25, 0.3) is 5.91 Å². The zero-order valence-electron chi connectivity index (χ0n) is 20.0. The Morgan fingerprint density at radius 3 is 2.30 bits per heavy atom. The van der Waals surface area contributed by atoms with E-state index in [9.17, 15) is 14.0 Å². The normalized spacial score (nSPS) is 14.8. The molecule has 2 aromatic rings. The first-order valence-electron chi connectivity index (χ1n) is 11.4.